The molecule has 0 saturated heterocycles. The molecule has 0 amide bonds. The van der Waals surface area contributed by atoms with E-state index in [9.17, 15) is 0 Å². The highest BCUT2D eigenvalue weighted by Crippen LogP contribution is 2.03. The Morgan fingerprint density at radius 3 is 2.64 bits per heavy atom. The van der Waals surface area contributed by atoms with Crippen LogP contribution in [0.5, 0.6) is 0 Å². The average Bonchev–Trinajstić information content (AvgIpc) is 1.95. The topological polar surface area (TPSA) is 25.8 Å². The molecule has 0 saturated carbocycles. The minimum atomic E-state index is 0.957. The number of rotatable bonds is 1. The van der Waals surface area contributed by atoms with Gasteiger partial charge < -0.3 is 0 Å². The number of allylic oxidation sites excluding steroid dienone is 1. The Balaban J connectivity index is 3.09. The van der Waals surface area contributed by atoms with Gasteiger partial charge in [0.25, 0.3) is 0 Å². The molecular formula is C9H12N2. The maximum atomic E-state index is 4.28. The molecule has 0 aliphatic rings. The van der Waals surface area contributed by atoms with Gasteiger partial charge >= 0.3 is 0 Å². The molecule has 0 aromatic carbocycles. The maximum absolute atomic E-state index is 4.28. The van der Waals surface area contributed by atoms with Gasteiger partial charge in [-0.2, -0.15) is 0 Å². The molecule has 0 aliphatic heterocycles. The van der Waals surface area contributed by atoms with E-state index < -0.39 is 0 Å². The van der Waals surface area contributed by atoms with Gasteiger partial charge in [-0.25, -0.2) is 0 Å². The summed E-state index contributed by atoms with van der Waals surface area (Å²) in [6.45, 7) is 5.88. The number of nitrogens with zero attached hydrogens (tertiary/aromatic N) is 2. The van der Waals surface area contributed by atoms with Crippen LogP contribution in [0.3, 0.4) is 0 Å². The zero-order valence-corrected chi connectivity index (χ0v) is 7.13. The molecular weight excluding hydrogens is 136 g/mol. The number of aromatic nitrogens is 2. The van der Waals surface area contributed by atoms with Crippen LogP contribution in [-0.4, -0.2) is 9.97 Å². The molecule has 11 heavy (non-hydrogen) atoms. The summed E-state index contributed by atoms with van der Waals surface area (Å²) < 4.78 is 0. The minimum absolute atomic E-state index is 0.957. The van der Waals surface area contributed by atoms with Crippen LogP contribution in [0.25, 0.3) is 6.08 Å². The van der Waals surface area contributed by atoms with Gasteiger partial charge in [0.1, 0.15) is 0 Å². The molecule has 0 spiro atoms. The largest absolute Gasteiger partial charge is 0.255 e. The first kappa shape index (κ1) is 7.92. The lowest BCUT2D eigenvalue weighted by atomic mass is 10.3. The summed E-state index contributed by atoms with van der Waals surface area (Å²) in [6.07, 6.45) is 5.70. The maximum Gasteiger partial charge on any atom is 0.0839 e. The monoisotopic (exact) mass is 148 g/mol. The highest BCUT2D eigenvalue weighted by Gasteiger charge is 1.95. The summed E-state index contributed by atoms with van der Waals surface area (Å²) in [7, 11) is 0. The third-order valence-corrected chi connectivity index (χ3v) is 1.43. The van der Waals surface area contributed by atoms with Crippen LogP contribution in [-0.2, 0) is 0 Å². The molecule has 2 heteroatoms. The molecule has 1 heterocycles. The van der Waals surface area contributed by atoms with Crippen molar-refractivity contribution in [1.82, 2.24) is 9.97 Å². The molecule has 0 atom stereocenters. The van der Waals surface area contributed by atoms with E-state index in [1.807, 2.05) is 32.9 Å². The first-order valence-electron chi connectivity index (χ1n) is 3.67. The summed E-state index contributed by atoms with van der Waals surface area (Å²) in [5.41, 5.74) is 2.91. The van der Waals surface area contributed by atoms with Gasteiger partial charge in [-0.15, -0.1) is 0 Å². The summed E-state index contributed by atoms with van der Waals surface area (Å²) in [5, 5.41) is 0. The van der Waals surface area contributed by atoms with Gasteiger partial charge in [-0.3, -0.25) is 9.97 Å². The summed E-state index contributed by atoms with van der Waals surface area (Å²) in [5.74, 6) is 0. The van der Waals surface area contributed by atoms with E-state index in [2.05, 4.69) is 9.97 Å². The van der Waals surface area contributed by atoms with Crippen LogP contribution < -0.4 is 0 Å². The number of hydrogen-bond acceptors (Lipinski definition) is 2. The molecule has 0 unspecified atom stereocenters. The molecule has 0 aliphatic carbocycles. The van der Waals surface area contributed by atoms with E-state index in [0.29, 0.717) is 0 Å². The van der Waals surface area contributed by atoms with Gasteiger partial charge in [0.2, 0.25) is 0 Å². The second-order valence-corrected chi connectivity index (χ2v) is 2.48. The first-order chi connectivity index (χ1) is 5.24. The van der Waals surface area contributed by atoms with Crippen LogP contribution in [0.15, 0.2) is 12.3 Å². The normalized spacial score (nSPS) is 10.8. The predicted octanol–water partition coefficient (Wildman–Crippen LogP) is 2.13. The van der Waals surface area contributed by atoms with Crippen molar-refractivity contribution in [2.24, 2.45) is 0 Å². The van der Waals surface area contributed by atoms with E-state index in [1.54, 1.807) is 6.20 Å². The van der Waals surface area contributed by atoms with E-state index in [-0.39, 0.29) is 0 Å². The SMILES string of the molecule is C/C=C\c1ncc(C)nc1C. The van der Waals surface area contributed by atoms with Gasteiger partial charge in [0, 0.05) is 6.20 Å². The van der Waals surface area contributed by atoms with Crippen molar-refractivity contribution >= 4 is 6.08 Å². The molecule has 1 aromatic heterocycles. The predicted molar refractivity (Wildman–Crippen MR) is 46.2 cm³/mol. The van der Waals surface area contributed by atoms with Crippen molar-refractivity contribution in [3.8, 4) is 0 Å². The van der Waals surface area contributed by atoms with Crippen LogP contribution in [0.4, 0.5) is 0 Å². The Hall–Kier alpha value is -1.18. The van der Waals surface area contributed by atoms with Crippen LogP contribution in [0.2, 0.25) is 0 Å². The second-order valence-electron chi connectivity index (χ2n) is 2.48. The zero-order valence-electron chi connectivity index (χ0n) is 7.13. The molecule has 0 N–H and O–H groups in total. The molecule has 1 rings (SSSR count). The van der Waals surface area contributed by atoms with Crippen molar-refractivity contribution in [3.05, 3.63) is 29.4 Å². The molecule has 0 radical (unpaired) electrons. The van der Waals surface area contributed by atoms with Crippen molar-refractivity contribution < 1.29 is 0 Å². The fraction of sp³-hybridized carbons (Fsp3) is 0.333. The van der Waals surface area contributed by atoms with Gasteiger partial charge in [0.15, 0.2) is 0 Å². The smallest absolute Gasteiger partial charge is 0.0839 e. The molecule has 1 aromatic rings. The zero-order chi connectivity index (χ0) is 8.27. The van der Waals surface area contributed by atoms with E-state index in [1.165, 1.54) is 0 Å². The van der Waals surface area contributed by atoms with Gasteiger partial charge in [0.05, 0.1) is 17.1 Å². The molecule has 58 valence electrons. The highest BCUT2D eigenvalue weighted by atomic mass is 14.8. The average molecular weight is 148 g/mol. The van der Waals surface area contributed by atoms with Crippen molar-refractivity contribution in [3.63, 3.8) is 0 Å². The second kappa shape index (κ2) is 3.28. The Kier molecular flexibility index (Phi) is 2.36. The standard InChI is InChI=1S/C9H12N2/c1-4-5-9-8(3)11-7(2)6-10-9/h4-6H,1-3H3/b5-4-. The fourth-order valence-electron chi connectivity index (χ4n) is 0.929. The van der Waals surface area contributed by atoms with Gasteiger partial charge in [-0.05, 0) is 26.8 Å². The number of hydrogen-bond donors (Lipinski definition) is 0. The van der Waals surface area contributed by atoms with E-state index in [4.69, 9.17) is 0 Å². The highest BCUT2D eigenvalue weighted by molar-refractivity contribution is 5.46. The summed E-state index contributed by atoms with van der Waals surface area (Å²) in [6, 6.07) is 0. The lowest BCUT2D eigenvalue weighted by Crippen LogP contribution is -1.92. The lowest BCUT2D eigenvalue weighted by molar-refractivity contribution is 1.04. The van der Waals surface area contributed by atoms with Crippen LogP contribution in [0, 0.1) is 13.8 Å². The molecule has 0 bridgehead atoms. The van der Waals surface area contributed by atoms with Crippen LogP contribution >= 0.6 is 0 Å². The van der Waals surface area contributed by atoms with Crippen molar-refractivity contribution in [2.75, 3.05) is 0 Å². The number of aryl methyl sites for hydroxylation is 2. The van der Waals surface area contributed by atoms with E-state index >= 15 is 0 Å². The third-order valence-electron chi connectivity index (χ3n) is 1.43. The molecule has 2 nitrogen and oxygen atoms in total. The van der Waals surface area contributed by atoms with Crippen molar-refractivity contribution in [2.45, 2.75) is 20.8 Å². The lowest BCUT2D eigenvalue weighted by Gasteiger charge is -1.98. The fourth-order valence-corrected chi connectivity index (χ4v) is 0.929. The Morgan fingerprint density at radius 1 is 1.36 bits per heavy atom. The quantitative estimate of drug-likeness (QED) is 0.609. The third kappa shape index (κ3) is 1.87. The Morgan fingerprint density at radius 2 is 2.09 bits per heavy atom. The van der Waals surface area contributed by atoms with Crippen LogP contribution in [0.1, 0.15) is 24.0 Å². The molecule has 0 fully saturated rings. The van der Waals surface area contributed by atoms with E-state index in [0.717, 1.165) is 17.1 Å². The first-order valence-corrected chi connectivity index (χ1v) is 3.67. The Labute approximate surface area is 67.0 Å². The summed E-state index contributed by atoms with van der Waals surface area (Å²) >= 11 is 0. The van der Waals surface area contributed by atoms with Gasteiger partial charge in [-0.1, -0.05) is 6.08 Å². The minimum Gasteiger partial charge on any atom is -0.255 e. The summed E-state index contributed by atoms with van der Waals surface area (Å²) in [4.78, 5) is 8.50. The Bertz CT molecular complexity index is 277. The van der Waals surface area contributed by atoms with Crippen molar-refractivity contribution in [1.29, 1.82) is 0 Å².